The first-order valence-electron chi connectivity index (χ1n) is 7.15. The van der Waals surface area contributed by atoms with E-state index < -0.39 is 0 Å². The highest BCUT2D eigenvalue weighted by molar-refractivity contribution is 5.13. The largest absolute Gasteiger partial charge is 0.390 e. The van der Waals surface area contributed by atoms with Crippen molar-refractivity contribution in [1.29, 1.82) is 0 Å². The molecule has 2 heteroatoms. The highest BCUT2D eigenvalue weighted by atomic mass is 16.5. The van der Waals surface area contributed by atoms with Gasteiger partial charge in [-0.15, -0.1) is 0 Å². The molecule has 1 fully saturated rings. The first-order valence-corrected chi connectivity index (χ1v) is 7.15. The average molecular weight is 248 g/mol. The van der Waals surface area contributed by atoms with Gasteiger partial charge >= 0.3 is 0 Å². The molecule has 0 saturated heterocycles. The second-order valence-electron chi connectivity index (χ2n) is 5.31. The Kier molecular flexibility index (Phi) is 5.21. The Labute approximate surface area is 110 Å². The predicted octanol–water partition coefficient (Wildman–Crippen LogP) is 3.53. The number of unbranched alkanes of at least 4 members (excludes halogenated alkanes) is 1. The van der Waals surface area contributed by atoms with Crippen LogP contribution in [0, 0.1) is 5.92 Å². The summed E-state index contributed by atoms with van der Waals surface area (Å²) in [4.78, 5) is 0. The van der Waals surface area contributed by atoms with Gasteiger partial charge in [-0.05, 0) is 30.7 Å². The van der Waals surface area contributed by atoms with Crippen molar-refractivity contribution in [2.75, 3.05) is 0 Å². The van der Waals surface area contributed by atoms with Crippen LogP contribution in [0.5, 0.6) is 0 Å². The molecule has 1 aliphatic rings. The van der Waals surface area contributed by atoms with E-state index in [9.17, 15) is 5.11 Å². The van der Waals surface area contributed by atoms with E-state index in [2.05, 4.69) is 19.1 Å². The van der Waals surface area contributed by atoms with E-state index in [1.54, 1.807) is 0 Å². The average Bonchev–Trinajstić information content (AvgIpc) is 2.76. The highest BCUT2D eigenvalue weighted by Gasteiger charge is 2.34. The third-order valence-corrected chi connectivity index (χ3v) is 3.92. The number of ether oxygens (including phenoxy) is 1. The number of aliphatic hydroxyl groups excluding tert-OH is 1. The fraction of sp³-hybridized carbons (Fsp3) is 0.625. The van der Waals surface area contributed by atoms with Crippen molar-refractivity contribution in [3.05, 3.63) is 35.9 Å². The third-order valence-electron chi connectivity index (χ3n) is 3.92. The Hall–Kier alpha value is -0.860. The van der Waals surface area contributed by atoms with Crippen LogP contribution in [0.25, 0.3) is 0 Å². The molecule has 18 heavy (non-hydrogen) atoms. The second-order valence-corrected chi connectivity index (χ2v) is 5.31. The van der Waals surface area contributed by atoms with Gasteiger partial charge in [-0.3, -0.25) is 0 Å². The summed E-state index contributed by atoms with van der Waals surface area (Å²) in [5.41, 5.74) is 1.18. The summed E-state index contributed by atoms with van der Waals surface area (Å²) >= 11 is 0. The Morgan fingerprint density at radius 3 is 2.72 bits per heavy atom. The van der Waals surface area contributed by atoms with Crippen molar-refractivity contribution < 1.29 is 9.84 Å². The maximum Gasteiger partial charge on any atom is 0.0841 e. The van der Waals surface area contributed by atoms with Crippen LogP contribution in [0.1, 0.15) is 44.6 Å². The molecular formula is C16H24O2. The molecule has 0 unspecified atom stereocenters. The molecule has 0 heterocycles. The number of rotatable bonds is 6. The van der Waals surface area contributed by atoms with E-state index in [1.807, 2.05) is 18.2 Å². The maximum absolute atomic E-state index is 10.2. The van der Waals surface area contributed by atoms with Gasteiger partial charge in [-0.2, -0.15) is 0 Å². The smallest absolute Gasteiger partial charge is 0.0841 e. The lowest BCUT2D eigenvalue weighted by Gasteiger charge is -2.20. The van der Waals surface area contributed by atoms with E-state index in [0.717, 1.165) is 19.3 Å². The van der Waals surface area contributed by atoms with Crippen molar-refractivity contribution in [3.8, 4) is 0 Å². The summed E-state index contributed by atoms with van der Waals surface area (Å²) in [6.45, 7) is 2.81. The Bertz CT molecular complexity index is 336. The molecule has 3 atom stereocenters. The molecule has 0 amide bonds. The van der Waals surface area contributed by atoms with Gasteiger partial charge in [-0.1, -0.05) is 50.1 Å². The molecule has 2 rings (SSSR count). The number of aliphatic hydroxyl groups is 1. The summed E-state index contributed by atoms with van der Waals surface area (Å²) in [5.74, 6) is 0.450. The number of benzene rings is 1. The normalized spacial score (nSPS) is 27.6. The molecule has 100 valence electrons. The summed E-state index contributed by atoms with van der Waals surface area (Å²) < 4.78 is 5.86. The summed E-state index contributed by atoms with van der Waals surface area (Å²) in [6.07, 6.45) is 5.45. The van der Waals surface area contributed by atoms with Gasteiger partial charge in [0.15, 0.2) is 0 Å². The molecule has 0 radical (unpaired) electrons. The van der Waals surface area contributed by atoms with Crippen LogP contribution in [-0.4, -0.2) is 17.3 Å². The molecule has 1 N–H and O–H groups in total. The fourth-order valence-corrected chi connectivity index (χ4v) is 2.76. The minimum absolute atomic E-state index is 0.0343. The van der Waals surface area contributed by atoms with E-state index in [4.69, 9.17) is 4.74 Å². The van der Waals surface area contributed by atoms with Gasteiger partial charge in [-0.25, -0.2) is 0 Å². The monoisotopic (exact) mass is 248 g/mol. The minimum atomic E-state index is -0.264. The molecule has 0 bridgehead atoms. The van der Waals surface area contributed by atoms with Crippen molar-refractivity contribution in [2.24, 2.45) is 5.92 Å². The molecular weight excluding hydrogens is 224 g/mol. The van der Waals surface area contributed by atoms with Crippen LogP contribution in [0.2, 0.25) is 0 Å². The zero-order valence-corrected chi connectivity index (χ0v) is 11.2. The SMILES string of the molecule is CCCC[C@H]1CC[C@H](OCc2ccccc2)[C@@H]1O. The van der Waals surface area contributed by atoms with E-state index in [1.165, 1.54) is 18.4 Å². The van der Waals surface area contributed by atoms with E-state index in [-0.39, 0.29) is 12.2 Å². The first-order chi connectivity index (χ1) is 8.81. The molecule has 0 aliphatic heterocycles. The van der Waals surface area contributed by atoms with E-state index >= 15 is 0 Å². The van der Waals surface area contributed by atoms with Gasteiger partial charge < -0.3 is 9.84 Å². The van der Waals surface area contributed by atoms with Crippen LogP contribution in [0.3, 0.4) is 0 Å². The predicted molar refractivity (Wildman–Crippen MR) is 73.3 cm³/mol. The van der Waals surface area contributed by atoms with E-state index in [0.29, 0.717) is 12.5 Å². The maximum atomic E-state index is 10.2. The molecule has 1 aliphatic carbocycles. The molecule has 2 nitrogen and oxygen atoms in total. The van der Waals surface area contributed by atoms with Gasteiger partial charge in [0.25, 0.3) is 0 Å². The number of hydrogen-bond acceptors (Lipinski definition) is 2. The summed E-state index contributed by atoms with van der Waals surface area (Å²) in [6, 6.07) is 10.2. The molecule has 0 spiro atoms. The van der Waals surface area contributed by atoms with Crippen molar-refractivity contribution in [1.82, 2.24) is 0 Å². The van der Waals surface area contributed by atoms with Gasteiger partial charge in [0, 0.05) is 0 Å². The van der Waals surface area contributed by atoms with Crippen LogP contribution in [0.15, 0.2) is 30.3 Å². The minimum Gasteiger partial charge on any atom is -0.390 e. The van der Waals surface area contributed by atoms with Crippen molar-refractivity contribution >= 4 is 0 Å². The van der Waals surface area contributed by atoms with Crippen LogP contribution < -0.4 is 0 Å². The zero-order valence-electron chi connectivity index (χ0n) is 11.2. The van der Waals surface area contributed by atoms with Gasteiger partial charge in [0.05, 0.1) is 18.8 Å². The summed E-state index contributed by atoms with van der Waals surface area (Å²) in [7, 11) is 0. The third kappa shape index (κ3) is 3.56. The Morgan fingerprint density at radius 1 is 1.22 bits per heavy atom. The quantitative estimate of drug-likeness (QED) is 0.834. The molecule has 1 saturated carbocycles. The lowest BCUT2D eigenvalue weighted by atomic mass is 9.98. The van der Waals surface area contributed by atoms with Crippen molar-refractivity contribution in [2.45, 2.75) is 57.8 Å². The van der Waals surface area contributed by atoms with Gasteiger partial charge in [0.2, 0.25) is 0 Å². The fourth-order valence-electron chi connectivity index (χ4n) is 2.76. The van der Waals surface area contributed by atoms with Crippen LogP contribution in [0.4, 0.5) is 0 Å². The van der Waals surface area contributed by atoms with Crippen LogP contribution in [-0.2, 0) is 11.3 Å². The highest BCUT2D eigenvalue weighted by Crippen LogP contribution is 2.32. The Balaban J connectivity index is 1.77. The lowest BCUT2D eigenvalue weighted by molar-refractivity contribution is -0.0413. The lowest BCUT2D eigenvalue weighted by Crippen LogP contribution is -2.27. The molecule has 1 aromatic carbocycles. The van der Waals surface area contributed by atoms with Crippen LogP contribution >= 0.6 is 0 Å². The Morgan fingerprint density at radius 2 is 2.00 bits per heavy atom. The van der Waals surface area contributed by atoms with Gasteiger partial charge in [0.1, 0.15) is 0 Å². The second kappa shape index (κ2) is 6.91. The zero-order chi connectivity index (χ0) is 12.8. The van der Waals surface area contributed by atoms with Crippen molar-refractivity contribution in [3.63, 3.8) is 0 Å². The topological polar surface area (TPSA) is 29.5 Å². The number of hydrogen-bond donors (Lipinski definition) is 1. The standard InChI is InChI=1S/C16H24O2/c1-2-3-9-14-10-11-15(16(14)17)18-12-13-7-5-4-6-8-13/h4-8,14-17H,2-3,9-12H2,1H3/t14-,15-,16+/m0/s1. The first kappa shape index (κ1) is 13.6. The summed E-state index contributed by atoms with van der Waals surface area (Å²) in [5, 5.41) is 10.2. The molecule has 0 aromatic heterocycles. The molecule has 1 aromatic rings.